The number of hydrogen-bond donors (Lipinski definition) is 1. The number of nitrogens with one attached hydrogen (secondary N) is 1. The molecule has 1 aliphatic heterocycles. The van der Waals surface area contributed by atoms with Crippen LogP contribution in [0.1, 0.15) is 24.0 Å². The molecule has 2 rings (SSSR count). The van der Waals surface area contributed by atoms with Crippen LogP contribution in [-0.4, -0.2) is 13.2 Å². The van der Waals surface area contributed by atoms with Gasteiger partial charge in [-0.15, -0.1) is 12.3 Å². The van der Waals surface area contributed by atoms with Crippen molar-refractivity contribution in [2.24, 2.45) is 0 Å². The third kappa shape index (κ3) is 2.77. The highest BCUT2D eigenvalue weighted by atomic mass is 16.5. The van der Waals surface area contributed by atoms with Crippen molar-refractivity contribution in [2.45, 2.75) is 25.8 Å². The number of unbranched alkanes of at least 4 members (excludes halogenated alkanes) is 1. The van der Waals surface area contributed by atoms with E-state index in [1.807, 2.05) is 0 Å². The quantitative estimate of drug-likeness (QED) is 0.600. The van der Waals surface area contributed by atoms with Gasteiger partial charge in [0, 0.05) is 19.4 Å². The maximum atomic E-state index is 5.47. The summed E-state index contributed by atoms with van der Waals surface area (Å²) in [5, 5.41) is 3.39. The number of rotatable bonds is 5. The Hall–Kier alpha value is -1.46. The number of ether oxygens (including phenoxy) is 1. The SMILES string of the molecule is C#CCCCNCc1ccc2c(c1)CCO2. The van der Waals surface area contributed by atoms with Gasteiger partial charge in [0.1, 0.15) is 5.75 Å². The predicted molar refractivity (Wildman–Crippen MR) is 65.4 cm³/mol. The van der Waals surface area contributed by atoms with Crippen molar-refractivity contribution in [3.05, 3.63) is 29.3 Å². The topological polar surface area (TPSA) is 21.3 Å². The highest BCUT2D eigenvalue weighted by Gasteiger charge is 2.11. The second kappa shape index (κ2) is 5.58. The van der Waals surface area contributed by atoms with Gasteiger partial charge < -0.3 is 10.1 Å². The average molecular weight is 215 g/mol. The van der Waals surface area contributed by atoms with Crippen LogP contribution in [0.15, 0.2) is 18.2 Å². The Morgan fingerprint density at radius 2 is 2.38 bits per heavy atom. The smallest absolute Gasteiger partial charge is 0.122 e. The van der Waals surface area contributed by atoms with Gasteiger partial charge in [-0.1, -0.05) is 12.1 Å². The number of hydrogen-bond acceptors (Lipinski definition) is 2. The Labute approximate surface area is 97.0 Å². The van der Waals surface area contributed by atoms with Crippen molar-refractivity contribution in [1.82, 2.24) is 5.32 Å². The van der Waals surface area contributed by atoms with Crippen molar-refractivity contribution in [3.8, 4) is 18.1 Å². The van der Waals surface area contributed by atoms with E-state index in [-0.39, 0.29) is 0 Å². The molecule has 0 aromatic heterocycles. The Morgan fingerprint density at radius 1 is 1.44 bits per heavy atom. The largest absolute Gasteiger partial charge is 0.493 e. The molecule has 0 amide bonds. The summed E-state index contributed by atoms with van der Waals surface area (Å²) in [6.45, 7) is 2.73. The third-order valence-electron chi connectivity index (χ3n) is 2.76. The molecule has 84 valence electrons. The first-order valence-corrected chi connectivity index (χ1v) is 5.79. The minimum Gasteiger partial charge on any atom is -0.493 e. The summed E-state index contributed by atoms with van der Waals surface area (Å²) in [7, 11) is 0. The molecular weight excluding hydrogens is 198 g/mol. The van der Waals surface area contributed by atoms with Gasteiger partial charge in [-0.3, -0.25) is 0 Å². The van der Waals surface area contributed by atoms with Crippen LogP contribution >= 0.6 is 0 Å². The van der Waals surface area contributed by atoms with Gasteiger partial charge in [-0.05, 0) is 30.2 Å². The van der Waals surface area contributed by atoms with E-state index in [1.165, 1.54) is 11.1 Å². The summed E-state index contributed by atoms with van der Waals surface area (Å²) in [4.78, 5) is 0. The van der Waals surface area contributed by atoms with Gasteiger partial charge in [0.05, 0.1) is 6.61 Å². The molecule has 0 saturated heterocycles. The highest BCUT2D eigenvalue weighted by Crippen LogP contribution is 2.25. The van der Waals surface area contributed by atoms with Gasteiger partial charge in [0.2, 0.25) is 0 Å². The summed E-state index contributed by atoms with van der Waals surface area (Å²) in [5.74, 6) is 3.70. The van der Waals surface area contributed by atoms with Crippen molar-refractivity contribution in [3.63, 3.8) is 0 Å². The van der Waals surface area contributed by atoms with Gasteiger partial charge in [0.25, 0.3) is 0 Å². The normalized spacial score (nSPS) is 12.9. The van der Waals surface area contributed by atoms with Gasteiger partial charge in [-0.2, -0.15) is 0 Å². The molecule has 1 aliphatic rings. The van der Waals surface area contributed by atoms with Crippen LogP contribution in [0.3, 0.4) is 0 Å². The van der Waals surface area contributed by atoms with Crippen molar-refractivity contribution < 1.29 is 4.74 Å². The second-order valence-corrected chi connectivity index (χ2v) is 4.02. The zero-order chi connectivity index (χ0) is 11.2. The van der Waals surface area contributed by atoms with E-state index < -0.39 is 0 Å². The predicted octanol–water partition coefficient (Wildman–Crippen LogP) is 2.12. The summed E-state index contributed by atoms with van der Waals surface area (Å²) >= 11 is 0. The summed E-state index contributed by atoms with van der Waals surface area (Å²) in [6.07, 6.45) is 8.13. The zero-order valence-electron chi connectivity index (χ0n) is 9.46. The van der Waals surface area contributed by atoms with Crippen LogP contribution in [0, 0.1) is 12.3 Å². The number of fused-ring (bicyclic) bond motifs is 1. The number of benzene rings is 1. The van der Waals surface area contributed by atoms with Crippen LogP contribution < -0.4 is 10.1 Å². The molecule has 0 bridgehead atoms. The monoisotopic (exact) mass is 215 g/mol. The van der Waals surface area contributed by atoms with Crippen molar-refractivity contribution in [1.29, 1.82) is 0 Å². The average Bonchev–Trinajstić information content (AvgIpc) is 2.76. The molecule has 2 heteroatoms. The molecule has 0 radical (unpaired) electrons. The lowest BCUT2D eigenvalue weighted by Gasteiger charge is -2.05. The molecule has 0 spiro atoms. The van der Waals surface area contributed by atoms with E-state index in [0.717, 1.165) is 44.7 Å². The fraction of sp³-hybridized carbons (Fsp3) is 0.429. The molecule has 16 heavy (non-hydrogen) atoms. The van der Waals surface area contributed by atoms with Crippen molar-refractivity contribution in [2.75, 3.05) is 13.2 Å². The molecule has 0 fully saturated rings. The van der Waals surface area contributed by atoms with E-state index in [0.29, 0.717) is 0 Å². The summed E-state index contributed by atoms with van der Waals surface area (Å²) in [6, 6.07) is 6.43. The lowest BCUT2D eigenvalue weighted by molar-refractivity contribution is 0.357. The molecular formula is C14H17NO. The molecule has 0 aliphatic carbocycles. The fourth-order valence-corrected chi connectivity index (χ4v) is 1.90. The molecule has 1 N–H and O–H groups in total. The maximum absolute atomic E-state index is 5.47. The first-order chi connectivity index (χ1) is 7.90. The second-order valence-electron chi connectivity index (χ2n) is 4.02. The zero-order valence-corrected chi connectivity index (χ0v) is 9.46. The molecule has 0 unspecified atom stereocenters. The van der Waals surface area contributed by atoms with E-state index in [9.17, 15) is 0 Å². The fourth-order valence-electron chi connectivity index (χ4n) is 1.90. The third-order valence-corrected chi connectivity index (χ3v) is 2.76. The van der Waals surface area contributed by atoms with Gasteiger partial charge in [-0.25, -0.2) is 0 Å². The Balaban J connectivity index is 1.80. The van der Waals surface area contributed by atoms with Crippen LogP contribution in [-0.2, 0) is 13.0 Å². The lowest BCUT2D eigenvalue weighted by atomic mass is 10.1. The minimum absolute atomic E-state index is 0.828. The van der Waals surface area contributed by atoms with E-state index in [2.05, 4.69) is 29.4 Å². The first kappa shape index (κ1) is 11.0. The maximum Gasteiger partial charge on any atom is 0.122 e. The van der Waals surface area contributed by atoms with E-state index >= 15 is 0 Å². The Bertz CT molecular complexity index is 392. The number of terminal acetylenes is 1. The van der Waals surface area contributed by atoms with Crippen LogP contribution in [0.25, 0.3) is 0 Å². The van der Waals surface area contributed by atoms with Crippen LogP contribution in [0.4, 0.5) is 0 Å². The minimum atomic E-state index is 0.828. The molecule has 1 aromatic rings. The van der Waals surface area contributed by atoms with Crippen LogP contribution in [0.5, 0.6) is 5.75 Å². The molecule has 1 heterocycles. The summed E-state index contributed by atoms with van der Waals surface area (Å²) in [5.41, 5.74) is 2.66. The highest BCUT2D eigenvalue weighted by molar-refractivity contribution is 5.39. The summed E-state index contributed by atoms with van der Waals surface area (Å²) < 4.78 is 5.47. The Morgan fingerprint density at radius 3 is 3.25 bits per heavy atom. The lowest BCUT2D eigenvalue weighted by Crippen LogP contribution is -2.14. The molecule has 0 saturated carbocycles. The van der Waals surface area contributed by atoms with Crippen molar-refractivity contribution >= 4 is 0 Å². The van der Waals surface area contributed by atoms with E-state index in [1.54, 1.807) is 0 Å². The molecule has 1 aromatic carbocycles. The van der Waals surface area contributed by atoms with Gasteiger partial charge in [0.15, 0.2) is 0 Å². The van der Waals surface area contributed by atoms with E-state index in [4.69, 9.17) is 11.2 Å². The molecule has 2 nitrogen and oxygen atoms in total. The standard InChI is InChI=1S/C14H17NO/c1-2-3-4-8-15-11-12-5-6-14-13(10-12)7-9-16-14/h1,5-6,10,15H,3-4,7-9,11H2. The first-order valence-electron chi connectivity index (χ1n) is 5.79. The Kier molecular flexibility index (Phi) is 3.85. The molecule has 0 atom stereocenters. The van der Waals surface area contributed by atoms with Crippen LogP contribution in [0.2, 0.25) is 0 Å². The van der Waals surface area contributed by atoms with Gasteiger partial charge >= 0.3 is 0 Å².